The van der Waals surface area contributed by atoms with Gasteiger partial charge in [0.25, 0.3) is 0 Å². The molecule has 0 aromatic heterocycles. The lowest BCUT2D eigenvalue weighted by Crippen LogP contribution is -2.67. The minimum Gasteiger partial charge on any atom is -0.415 e. The lowest BCUT2D eigenvalue weighted by molar-refractivity contribution is -0.268. The second-order valence-electron chi connectivity index (χ2n) is 13.8. The highest BCUT2D eigenvalue weighted by Gasteiger charge is 2.52. The molecule has 1 aliphatic heterocycles. The highest BCUT2D eigenvalue weighted by molar-refractivity contribution is 6.71. The van der Waals surface area contributed by atoms with E-state index in [4.69, 9.17) is 26.9 Å². The zero-order chi connectivity index (χ0) is 25.3. The van der Waals surface area contributed by atoms with E-state index in [0.717, 1.165) is 0 Å². The summed E-state index contributed by atoms with van der Waals surface area (Å²) in [6.45, 7) is 33.6. The zero-order valence-electron chi connectivity index (χ0n) is 23.5. The second kappa shape index (κ2) is 10.8. The first-order chi connectivity index (χ1) is 14.0. The Labute approximate surface area is 203 Å². The summed E-state index contributed by atoms with van der Waals surface area (Å²) in [5.41, 5.74) is 0. The van der Waals surface area contributed by atoms with Gasteiger partial charge in [-0.1, -0.05) is 0 Å². The summed E-state index contributed by atoms with van der Waals surface area (Å²) in [6, 6.07) is 0. The van der Waals surface area contributed by atoms with Crippen molar-refractivity contribution in [1.82, 2.24) is 0 Å². The molecule has 1 rings (SSSR count). The quantitative estimate of drug-likeness (QED) is 0.296. The summed E-state index contributed by atoms with van der Waals surface area (Å²) >= 11 is 0. The molecule has 1 fully saturated rings. The average Bonchev–Trinajstić information content (AvgIpc) is 2.45. The third kappa shape index (κ3) is 12.5. The van der Waals surface area contributed by atoms with Crippen molar-refractivity contribution in [3.63, 3.8) is 0 Å². The van der Waals surface area contributed by atoms with Gasteiger partial charge in [-0.25, -0.2) is 0 Å². The minimum atomic E-state index is -1.92. The standard InChI is InChI=1S/C21H52O6Si5/c1-28(2,3)22-16-17-18(24-29(4,5)6)19(25-30(7,8)9)20(26-31(10,11)12)21(23-17)27-32(13,14)15/h17-21H,16H2,1-15H3. The second-order valence-corrected chi connectivity index (χ2v) is 36.1. The maximum absolute atomic E-state index is 6.85. The van der Waals surface area contributed by atoms with Crippen molar-refractivity contribution < 1.29 is 26.9 Å². The third-order valence-electron chi connectivity index (χ3n) is 4.21. The molecular formula is C21H52O6Si5. The van der Waals surface area contributed by atoms with Gasteiger partial charge in [-0.3, -0.25) is 0 Å². The van der Waals surface area contributed by atoms with Gasteiger partial charge < -0.3 is 26.9 Å². The smallest absolute Gasteiger partial charge is 0.187 e. The predicted molar refractivity (Wildman–Crippen MR) is 147 cm³/mol. The number of rotatable bonds is 11. The Balaban J connectivity index is 3.50. The van der Waals surface area contributed by atoms with Crippen molar-refractivity contribution in [3.8, 4) is 0 Å². The van der Waals surface area contributed by atoms with Crippen LogP contribution in [0.2, 0.25) is 98.2 Å². The number of hydrogen-bond donors (Lipinski definition) is 0. The van der Waals surface area contributed by atoms with Crippen LogP contribution in [-0.4, -0.2) is 78.9 Å². The van der Waals surface area contributed by atoms with E-state index in [-0.39, 0.29) is 24.4 Å². The van der Waals surface area contributed by atoms with Crippen molar-refractivity contribution >= 4 is 41.6 Å². The maximum Gasteiger partial charge on any atom is 0.187 e. The van der Waals surface area contributed by atoms with E-state index in [0.29, 0.717) is 6.61 Å². The van der Waals surface area contributed by atoms with Gasteiger partial charge in [-0.15, -0.1) is 0 Å². The van der Waals surface area contributed by atoms with Gasteiger partial charge in [0.1, 0.15) is 24.4 Å². The molecule has 5 unspecified atom stereocenters. The summed E-state index contributed by atoms with van der Waals surface area (Å²) in [7, 11) is -9.37. The first kappa shape index (κ1) is 30.9. The van der Waals surface area contributed by atoms with Gasteiger partial charge >= 0.3 is 0 Å². The van der Waals surface area contributed by atoms with E-state index in [2.05, 4.69) is 98.2 Å². The van der Waals surface area contributed by atoms with Crippen molar-refractivity contribution in [3.05, 3.63) is 0 Å². The fourth-order valence-corrected chi connectivity index (χ4v) is 8.21. The SMILES string of the molecule is C[Si](C)(C)OCC1OC(O[Si](C)(C)C)C(O[Si](C)(C)C)C(O[Si](C)(C)C)C1O[Si](C)(C)C. The molecule has 0 bridgehead atoms. The first-order valence-corrected chi connectivity index (χ1v) is 29.0. The van der Waals surface area contributed by atoms with Crippen molar-refractivity contribution in [2.24, 2.45) is 0 Å². The molecule has 5 atom stereocenters. The lowest BCUT2D eigenvalue weighted by Gasteiger charge is -2.51. The molecular weight excluding hydrogens is 489 g/mol. The van der Waals surface area contributed by atoms with Crippen LogP contribution in [0.5, 0.6) is 0 Å². The highest BCUT2D eigenvalue weighted by atomic mass is 28.4. The summed E-state index contributed by atoms with van der Waals surface area (Å²) < 4.78 is 39.9. The topological polar surface area (TPSA) is 55.4 Å². The van der Waals surface area contributed by atoms with E-state index in [9.17, 15) is 0 Å². The van der Waals surface area contributed by atoms with E-state index in [1.807, 2.05) is 0 Å². The molecule has 0 spiro atoms. The van der Waals surface area contributed by atoms with Crippen LogP contribution in [-0.2, 0) is 26.9 Å². The largest absolute Gasteiger partial charge is 0.415 e. The minimum absolute atomic E-state index is 0.243. The molecule has 0 aromatic carbocycles. The van der Waals surface area contributed by atoms with E-state index in [1.54, 1.807) is 0 Å². The molecule has 192 valence electrons. The normalized spacial score (nSPS) is 28.8. The molecule has 1 heterocycles. The predicted octanol–water partition coefficient (Wildman–Crippen LogP) is 6.07. The molecule has 0 N–H and O–H groups in total. The van der Waals surface area contributed by atoms with Crippen LogP contribution in [0, 0.1) is 0 Å². The van der Waals surface area contributed by atoms with E-state index >= 15 is 0 Å². The van der Waals surface area contributed by atoms with Crippen LogP contribution in [0.1, 0.15) is 0 Å². The molecule has 0 saturated carbocycles. The lowest BCUT2D eigenvalue weighted by atomic mass is 9.99. The molecule has 6 nitrogen and oxygen atoms in total. The van der Waals surface area contributed by atoms with Gasteiger partial charge in [0.15, 0.2) is 47.9 Å². The van der Waals surface area contributed by atoms with Crippen LogP contribution in [0.4, 0.5) is 0 Å². The summed E-state index contributed by atoms with van der Waals surface area (Å²) in [6.07, 6.45) is -1.54. The number of ether oxygens (including phenoxy) is 1. The van der Waals surface area contributed by atoms with Crippen molar-refractivity contribution in [1.29, 1.82) is 0 Å². The van der Waals surface area contributed by atoms with Gasteiger partial charge in [0.05, 0.1) is 6.61 Å². The molecule has 0 amide bonds. The summed E-state index contributed by atoms with van der Waals surface area (Å²) in [5, 5.41) is 0. The Kier molecular flexibility index (Phi) is 10.5. The van der Waals surface area contributed by atoms with Gasteiger partial charge in [-0.05, 0) is 98.2 Å². The summed E-state index contributed by atoms with van der Waals surface area (Å²) in [5.74, 6) is 0. The van der Waals surface area contributed by atoms with Crippen LogP contribution in [0.25, 0.3) is 0 Å². The van der Waals surface area contributed by atoms with Crippen LogP contribution >= 0.6 is 0 Å². The van der Waals surface area contributed by atoms with Crippen molar-refractivity contribution in [2.75, 3.05) is 6.61 Å². The Morgan fingerprint density at radius 2 is 0.844 bits per heavy atom. The van der Waals surface area contributed by atoms with E-state index < -0.39 is 47.9 Å². The molecule has 0 aromatic rings. The Morgan fingerprint density at radius 3 is 1.22 bits per heavy atom. The van der Waals surface area contributed by atoms with Crippen LogP contribution < -0.4 is 0 Å². The van der Waals surface area contributed by atoms with E-state index in [1.165, 1.54) is 0 Å². The monoisotopic (exact) mass is 540 g/mol. The molecule has 0 radical (unpaired) electrons. The zero-order valence-corrected chi connectivity index (χ0v) is 28.5. The maximum atomic E-state index is 6.85. The van der Waals surface area contributed by atoms with Crippen LogP contribution in [0.15, 0.2) is 0 Å². The average molecular weight is 541 g/mol. The number of hydrogen-bond acceptors (Lipinski definition) is 6. The Morgan fingerprint density at radius 1 is 0.469 bits per heavy atom. The summed E-state index contributed by atoms with van der Waals surface area (Å²) in [4.78, 5) is 0. The van der Waals surface area contributed by atoms with Gasteiger partial charge in [0, 0.05) is 0 Å². The Bertz CT molecular complexity index is 586. The third-order valence-corrected chi connectivity index (χ3v) is 9.12. The first-order valence-electron chi connectivity index (χ1n) is 12.0. The van der Waals surface area contributed by atoms with Crippen LogP contribution in [0.3, 0.4) is 0 Å². The van der Waals surface area contributed by atoms with Gasteiger partial charge in [-0.2, -0.15) is 0 Å². The van der Waals surface area contributed by atoms with Gasteiger partial charge in [0.2, 0.25) is 0 Å². The van der Waals surface area contributed by atoms with Crippen molar-refractivity contribution in [2.45, 2.75) is 129 Å². The molecule has 1 aliphatic rings. The Hall–Kier alpha value is 0.844. The molecule has 1 saturated heterocycles. The molecule has 32 heavy (non-hydrogen) atoms. The molecule has 0 aliphatic carbocycles. The highest BCUT2D eigenvalue weighted by Crippen LogP contribution is 2.35. The fourth-order valence-electron chi connectivity index (χ4n) is 3.41. The fraction of sp³-hybridized carbons (Fsp3) is 1.00. The molecule has 11 heteroatoms.